The Morgan fingerprint density at radius 2 is 1.57 bits per heavy atom. The minimum Gasteiger partial charge on any atom is -0.424 e. The van der Waals surface area contributed by atoms with Gasteiger partial charge in [-0.05, 0) is 24.1 Å². The number of para-hydroxylation sites is 1. The van der Waals surface area contributed by atoms with Gasteiger partial charge in [0.15, 0.2) is 15.5 Å². The summed E-state index contributed by atoms with van der Waals surface area (Å²) in [5.74, 6) is -1.04. The third-order valence-electron chi connectivity index (χ3n) is 4.73. The number of alkyl halides is 1. The van der Waals surface area contributed by atoms with E-state index in [1.54, 1.807) is 27.2 Å². The number of nitrogens with zero attached hydrogens (tertiary/aromatic N) is 1. The minimum atomic E-state index is -1.02. The number of ether oxygens (including phenoxy) is 1. The number of hydrogen-bond donors (Lipinski definition) is 0. The SMILES string of the molecule is CCc1c2c(c(=O)n(-c3ccccc3)c1-c1ccccc1)C(=O)C(I)C(=O)O2. The van der Waals surface area contributed by atoms with E-state index in [1.165, 1.54) is 0 Å². The zero-order chi connectivity index (χ0) is 19.8. The van der Waals surface area contributed by atoms with E-state index in [1.807, 2.05) is 67.6 Å². The van der Waals surface area contributed by atoms with Crippen molar-refractivity contribution in [3.05, 3.63) is 82.1 Å². The molecule has 0 radical (unpaired) electrons. The first-order valence-electron chi connectivity index (χ1n) is 8.87. The van der Waals surface area contributed by atoms with Crippen molar-refractivity contribution in [1.29, 1.82) is 0 Å². The van der Waals surface area contributed by atoms with E-state index in [0.29, 0.717) is 23.4 Å². The normalized spacial score (nSPS) is 15.9. The average Bonchev–Trinajstić information content (AvgIpc) is 2.73. The molecule has 0 saturated heterocycles. The van der Waals surface area contributed by atoms with Crippen molar-refractivity contribution in [1.82, 2.24) is 4.57 Å². The molecule has 5 nitrogen and oxygen atoms in total. The monoisotopic (exact) mass is 485 g/mol. The lowest BCUT2D eigenvalue weighted by Crippen LogP contribution is -2.40. The van der Waals surface area contributed by atoms with Gasteiger partial charge in [-0.1, -0.05) is 78.0 Å². The van der Waals surface area contributed by atoms with E-state index >= 15 is 0 Å². The van der Waals surface area contributed by atoms with Gasteiger partial charge in [-0.15, -0.1) is 0 Å². The summed E-state index contributed by atoms with van der Waals surface area (Å²) in [5, 5.41) is 0. The van der Waals surface area contributed by atoms with Crippen LogP contribution in [0, 0.1) is 0 Å². The van der Waals surface area contributed by atoms with Crippen LogP contribution in [0.25, 0.3) is 16.9 Å². The van der Waals surface area contributed by atoms with Crippen LogP contribution in [0.5, 0.6) is 5.75 Å². The highest BCUT2D eigenvalue weighted by molar-refractivity contribution is 14.1. The molecule has 0 amide bonds. The molecule has 1 unspecified atom stereocenters. The quantitative estimate of drug-likeness (QED) is 0.244. The van der Waals surface area contributed by atoms with Crippen LogP contribution in [-0.2, 0) is 11.2 Å². The van der Waals surface area contributed by atoms with Gasteiger partial charge in [-0.2, -0.15) is 0 Å². The number of rotatable bonds is 3. The number of hydrogen-bond acceptors (Lipinski definition) is 4. The fourth-order valence-electron chi connectivity index (χ4n) is 3.47. The topological polar surface area (TPSA) is 65.4 Å². The maximum Gasteiger partial charge on any atom is 0.332 e. The van der Waals surface area contributed by atoms with E-state index in [-0.39, 0.29) is 11.3 Å². The Morgan fingerprint density at radius 3 is 2.18 bits per heavy atom. The second-order valence-corrected chi connectivity index (χ2v) is 7.62. The smallest absolute Gasteiger partial charge is 0.332 e. The van der Waals surface area contributed by atoms with Gasteiger partial charge in [0.25, 0.3) is 5.56 Å². The molecule has 28 heavy (non-hydrogen) atoms. The van der Waals surface area contributed by atoms with Crippen molar-refractivity contribution in [3.8, 4) is 22.7 Å². The van der Waals surface area contributed by atoms with Gasteiger partial charge in [-0.25, -0.2) is 4.79 Å². The van der Waals surface area contributed by atoms with E-state index in [0.717, 1.165) is 5.56 Å². The number of esters is 1. The summed E-state index contributed by atoms with van der Waals surface area (Å²) >= 11 is 1.72. The highest BCUT2D eigenvalue weighted by Gasteiger charge is 2.40. The van der Waals surface area contributed by atoms with Crippen molar-refractivity contribution in [3.63, 3.8) is 0 Å². The van der Waals surface area contributed by atoms with Crippen molar-refractivity contribution in [2.45, 2.75) is 17.3 Å². The molecular formula is C22H16INO4. The van der Waals surface area contributed by atoms with Crippen molar-refractivity contribution >= 4 is 34.3 Å². The molecule has 0 saturated carbocycles. The third-order valence-corrected chi connectivity index (χ3v) is 5.80. The number of ketones is 1. The molecular weight excluding hydrogens is 469 g/mol. The second-order valence-electron chi connectivity index (χ2n) is 6.37. The van der Waals surface area contributed by atoms with Crippen molar-refractivity contribution < 1.29 is 14.3 Å². The summed E-state index contributed by atoms with van der Waals surface area (Å²) in [4.78, 5) is 38.5. The maximum atomic E-state index is 13.5. The summed E-state index contributed by atoms with van der Waals surface area (Å²) in [6.45, 7) is 1.91. The lowest BCUT2D eigenvalue weighted by molar-refractivity contribution is -0.133. The van der Waals surface area contributed by atoms with Gasteiger partial charge in [0.05, 0.1) is 5.69 Å². The molecule has 3 aromatic rings. The molecule has 1 aromatic heterocycles. The summed E-state index contributed by atoms with van der Waals surface area (Å²) in [7, 11) is 0. The zero-order valence-electron chi connectivity index (χ0n) is 15.0. The highest BCUT2D eigenvalue weighted by Crippen LogP contribution is 2.37. The molecule has 0 bridgehead atoms. The van der Waals surface area contributed by atoms with Crippen LogP contribution in [0.15, 0.2) is 65.5 Å². The van der Waals surface area contributed by atoms with Crippen LogP contribution >= 0.6 is 22.6 Å². The van der Waals surface area contributed by atoms with E-state index < -0.39 is 21.2 Å². The van der Waals surface area contributed by atoms with E-state index in [9.17, 15) is 14.4 Å². The van der Waals surface area contributed by atoms with Gasteiger partial charge >= 0.3 is 5.97 Å². The summed E-state index contributed by atoms with van der Waals surface area (Å²) in [5.41, 5.74) is 2.22. The molecule has 0 spiro atoms. The third kappa shape index (κ3) is 2.88. The molecule has 0 aliphatic carbocycles. The first-order valence-corrected chi connectivity index (χ1v) is 10.1. The molecule has 140 valence electrons. The molecule has 1 aliphatic rings. The Balaban J connectivity index is 2.18. The Kier molecular flexibility index (Phi) is 4.89. The fraction of sp³-hybridized carbons (Fsp3) is 0.136. The molecule has 0 fully saturated rings. The van der Waals surface area contributed by atoms with Gasteiger partial charge in [0.2, 0.25) is 0 Å². The molecule has 4 rings (SSSR count). The van der Waals surface area contributed by atoms with Gasteiger partial charge in [0, 0.05) is 11.3 Å². The van der Waals surface area contributed by atoms with Crippen LogP contribution in [0.2, 0.25) is 0 Å². The standard InChI is InChI=1S/C22H16INO4/c1-2-15-18(13-9-5-3-6-10-13)24(14-11-7-4-8-12-14)21(26)16-19(25)17(23)22(27)28-20(15)16/h3-12,17H,2H2,1H3. The number of halogens is 1. The Hall–Kier alpha value is -2.74. The number of benzene rings is 2. The van der Waals surface area contributed by atoms with Crippen molar-refractivity contribution in [2.75, 3.05) is 0 Å². The highest BCUT2D eigenvalue weighted by atomic mass is 127. The van der Waals surface area contributed by atoms with Gasteiger partial charge in [-0.3, -0.25) is 14.2 Å². The first-order chi connectivity index (χ1) is 13.5. The van der Waals surface area contributed by atoms with Crippen LogP contribution in [0.1, 0.15) is 22.8 Å². The van der Waals surface area contributed by atoms with Crippen LogP contribution in [0.3, 0.4) is 0 Å². The summed E-state index contributed by atoms with van der Waals surface area (Å²) in [6.07, 6.45) is 0.492. The lowest BCUT2D eigenvalue weighted by Gasteiger charge is -2.25. The van der Waals surface area contributed by atoms with Crippen LogP contribution in [0.4, 0.5) is 0 Å². The first kappa shape index (κ1) is 18.6. The van der Waals surface area contributed by atoms with E-state index in [4.69, 9.17) is 4.74 Å². The minimum absolute atomic E-state index is 0.0561. The number of fused-ring (bicyclic) bond motifs is 1. The van der Waals surface area contributed by atoms with Gasteiger partial charge in [0.1, 0.15) is 5.56 Å². The largest absolute Gasteiger partial charge is 0.424 e. The summed E-state index contributed by atoms with van der Waals surface area (Å²) in [6, 6.07) is 18.6. The zero-order valence-corrected chi connectivity index (χ0v) is 17.2. The molecule has 6 heteroatoms. The number of carbonyl (C=O) groups is 2. The van der Waals surface area contributed by atoms with Crippen LogP contribution < -0.4 is 10.3 Å². The van der Waals surface area contributed by atoms with Crippen molar-refractivity contribution in [2.24, 2.45) is 0 Å². The Bertz CT molecular complexity index is 1140. The molecule has 2 aromatic carbocycles. The van der Waals surface area contributed by atoms with Gasteiger partial charge < -0.3 is 4.74 Å². The molecule has 2 heterocycles. The fourth-order valence-corrected chi connectivity index (χ4v) is 3.91. The number of pyridine rings is 1. The maximum absolute atomic E-state index is 13.5. The molecule has 0 N–H and O–H groups in total. The number of Topliss-reactive ketones (excluding diaryl/α,β-unsaturated/α-hetero) is 1. The predicted octanol–water partition coefficient (Wildman–Crippen LogP) is 3.97. The summed E-state index contributed by atoms with van der Waals surface area (Å²) < 4.78 is 6.02. The van der Waals surface area contributed by atoms with E-state index in [2.05, 4.69) is 0 Å². The second kappa shape index (κ2) is 7.35. The number of aromatic nitrogens is 1. The Labute approximate surface area is 175 Å². The number of carbonyl (C=O) groups excluding carboxylic acids is 2. The molecule has 1 aliphatic heterocycles. The van der Waals surface area contributed by atoms with Crippen LogP contribution in [-0.4, -0.2) is 20.2 Å². The average molecular weight is 485 g/mol. The predicted molar refractivity (Wildman–Crippen MR) is 115 cm³/mol. The molecule has 1 atom stereocenters. The Morgan fingerprint density at radius 1 is 0.964 bits per heavy atom. The lowest BCUT2D eigenvalue weighted by atomic mass is 9.95.